The van der Waals surface area contributed by atoms with Gasteiger partial charge in [-0.25, -0.2) is 9.18 Å². The Bertz CT molecular complexity index is 979. The molecule has 0 aliphatic rings. The molecule has 0 fully saturated rings. The van der Waals surface area contributed by atoms with Crippen molar-refractivity contribution in [3.8, 4) is 5.75 Å². The van der Waals surface area contributed by atoms with Gasteiger partial charge in [0.05, 0.1) is 5.56 Å². The van der Waals surface area contributed by atoms with E-state index in [1.807, 2.05) is 30.3 Å². The average molecular weight is 399 g/mol. The van der Waals surface area contributed by atoms with Crippen LogP contribution in [0.5, 0.6) is 5.75 Å². The predicted octanol–water partition coefficient (Wildman–Crippen LogP) is 5.02. The Hall–Kier alpha value is -3.38. The van der Waals surface area contributed by atoms with E-state index in [1.54, 1.807) is 0 Å². The van der Waals surface area contributed by atoms with Gasteiger partial charge in [-0.1, -0.05) is 41.9 Å². The van der Waals surface area contributed by atoms with E-state index in [-0.39, 0.29) is 17.9 Å². The molecule has 3 aromatic carbocycles. The minimum atomic E-state index is -0.706. The van der Waals surface area contributed by atoms with Crippen LogP contribution in [0.3, 0.4) is 0 Å². The SMILES string of the molecule is O=C(NCc1ccccc1)Oc1ccc(Cl)cc1C(=O)Nc1ccc(F)cc1. The van der Waals surface area contributed by atoms with Gasteiger partial charge in [-0.15, -0.1) is 0 Å². The van der Waals surface area contributed by atoms with E-state index in [0.29, 0.717) is 10.7 Å². The molecule has 142 valence electrons. The molecule has 0 aliphatic heterocycles. The molecule has 28 heavy (non-hydrogen) atoms. The summed E-state index contributed by atoms with van der Waals surface area (Å²) in [6.45, 7) is 0.282. The first kappa shape index (κ1) is 19.4. The van der Waals surface area contributed by atoms with Gasteiger partial charge in [-0.3, -0.25) is 4.79 Å². The van der Waals surface area contributed by atoms with Gasteiger partial charge in [0.25, 0.3) is 5.91 Å². The Balaban J connectivity index is 1.70. The van der Waals surface area contributed by atoms with Crippen molar-refractivity contribution in [2.75, 3.05) is 5.32 Å². The topological polar surface area (TPSA) is 67.4 Å². The molecule has 0 saturated carbocycles. The maximum absolute atomic E-state index is 13.0. The Morgan fingerprint density at radius 1 is 0.964 bits per heavy atom. The smallest absolute Gasteiger partial charge is 0.409 e. The lowest BCUT2D eigenvalue weighted by Gasteiger charge is -2.12. The minimum absolute atomic E-state index is 0.0505. The summed E-state index contributed by atoms with van der Waals surface area (Å²) in [5, 5.41) is 5.53. The van der Waals surface area contributed by atoms with E-state index in [4.69, 9.17) is 16.3 Å². The fourth-order valence-electron chi connectivity index (χ4n) is 2.41. The molecule has 5 nitrogen and oxygen atoms in total. The standard InChI is InChI=1S/C21H16ClFN2O3/c22-15-6-11-19(28-21(27)24-13-14-4-2-1-3-5-14)18(12-15)20(26)25-17-9-7-16(23)8-10-17/h1-12H,13H2,(H,24,27)(H,25,26). The van der Waals surface area contributed by atoms with Crippen LogP contribution in [0.25, 0.3) is 0 Å². The number of anilines is 1. The summed E-state index contributed by atoms with van der Waals surface area (Å²) >= 11 is 5.98. The summed E-state index contributed by atoms with van der Waals surface area (Å²) < 4.78 is 18.3. The highest BCUT2D eigenvalue weighted by molar-refractivity contribution is 6.31. The van der Waals surface area contributed by atoms with Gasteiger partial charge in [-0.2, -0.15) is 0 Å². The third-order valence-electron chi connectivity index (χ3n) is 3.77. The first-order valence-corrected chi connectivity index (χ1v) is 8.75. The van der Waals surface area contributed by atoms with Crippen molar-refractivity contribution < 1.29 is 18.7 Å². The van der Waals surface area contributed by atoms with Gasteiger partial charge >= 0.3 is 6.09 Å². The number of ether oxygens (including phenoxy) is 1. The minimum Gasteiger partial charge on any atom is -0.409 e. The molecule has 7 heteroatoms. The zero-order valence-electron chi connectivity index (χ0n) is 14.6. The summed E-state index contributed by atoms with van der Waals surface area (Å²) in [6.07, 6.45) is -0.706. The first-order valence-electron chi connectivity index (χ1n) is 8.37. The Morgan fingerprint density at radius 3 is 2.39 bits per heavy atom. The van der Waals surface area contributed by atoms with Crippen molar-refractivity contribution in [3.05, 3.63) is 94.8 Å². The van der Waals surface area contributed by atoms with E-state index >= 15 is 0 Å². The molecule has 3 aromatic rings. The lowest BCUT2D eigenvalue weighted by atomic mass is 10.2. The molecule has 0 bridgehead atoms. The number of amides is 2. The van der Waals surface area contributed by atoms with Gasteiger partial charge < -0.3 is 15.4 Å². The predicted molar refractivity (Wildman–Crippen MR) is 105 cm³/mol. The number of nitrogens with one attached hydrogen (secondary N) is 2. The molecule has 0 radical (unpaired) electrons. The molecule has 2 N–H and O–H groups in total. The van der Waals surface area contributed by atoms with Gasteiger partial charge in [0.2, 0.25) is 0 Å². The van der Waals surface area contributed by atoms with Gasteiger partial charge in [0.1, 0.15) is 11.6 Å². The molecular weight excluding hydrogens is 383 g/mol. The van der Waals surface area contributed by atoms with Crippen molar-refractivity contribution in [1.82, 2.24) is 5.32 Å². The fraction of sp³-hybridized carbons (Fsp3) is 0.0476. The second-order valence-corrected chi connectivity index (χ2v) is 6.27. The third-order valence-corrected chi connectivity index (χ3v) is 4.01. The van der Waals surface area contributed by atoms with E-state index in [0.717, 1.165) is 5.56 Å². The normalized spacial score (nSPS) is 10.2. The van der Waals surface area contributed by atoms with E-state index in [9.17, 15) is 14.0 Å². The zero-order chi connectivity index (χ0) is 19.9. The van der Waals surface area contributed by atoms with E-state index in [2.05, 4.69) is 10.6 Å². The summed E-state index contributed by atoms with van der Waals surface area (Å²) in [4.78, 5) is 24.7. The molecule has 2 amide bonds. The molecule has 0 aliphatic carbocycles. The second kappa shape index (κ2) is 9.01. The molecule has 0 unspecified atom stereocenters. The van der Waals surface area contributed by atoms with Gasteiger partial charge in [-0.05, 0) is 48.0 Å². The average Bonchev–Trinajstić information content (AvgIpc) is 2.70. The van der Waals surface area contributed by atoms with Crippen LogP contribution in [0.1, 0.15) is 15.9 Å². The van der Waals surface area contributed by atoms with Crippen LogP contribution in [0.2, 0.25) is 5.02 Å². The van der Waals surface area contributed by atoms with Crippen LogP contribution in [0, 0.1) is 5.82 Å². The summed E-state index contributed by atoms with van der Waals surface area (Å²) in [5.74, 6) is -0.908. The maximum atomic E-state index is 13.0. The quantitative estimate of drug-likeness (QED) is 0.634. The van der Waals surface area contributed by atoms with Crippen LogP contribution in [0.15, 0.2) is 72.8 Å². The Morgan fingerprint density at radius 2 is 1.68 bits per heavy atom. The largest absolute Gasteiger partial charge is 0.412 e. The van der Waals surface area contributed by atoms with E-state index in [1.165, 1.54) is 42.5 Å². The molecule has 0 saturated heterocycles. The van der Waals surface area contributed by atoms with Crippen LogP contribution in [0.4, 0.5) is 14.9 Å². The summed E-state index contributed by atoms with van der Waals surface area (Å²) in [7, 11) is 0. The third kappa shape index (κ3) is 5.31. The lowest BCUT2D eigenvalue weighted by molar-refractivity contribution is 0.102. The molecule has 0 atom stereocenters. The number of carbonyl (C=O) groups is 2. The highest BCUT2D eigenvalue weighted by atomic mass is 35.5. The van der Waals surface area contributed by atoms with Crippen molar-refractivity contribution in [2.24, 2.45) is 0 Å². The van der Waals surface area contributed by atoms with Crippen molar-refractivity contribution >= 4 is 29.3 Å². The molecule has 0 heterocycles. The maximum Gasteiger partial charge on any atom is 0.412 e. The van der Waals surface area contributed by atoms with Gasteiger partial charge in [0, 0.05) is 17.3 Å². The van der Waals surface area contributed by atoms with Crippen molar-refractivity contribution in [1.29, 1.82) is 0 Å². The monoisotopic (exact) mass is 398 g/mol. The van der Waals surface area contributed by atoms with E-state index < -0.39 is 17.8 Å². The van der Waals surface area contributed by atoms with Crippen molar-refractivity contribution in [2.45, 2.75) is 6.54 Å². The number of carbonyl (C=O) groups excluding carboxylic acids is 2. The number of hydrogen-bond donors (Lipinski definition) is 2. The van der Waals surface area contributed by atoms with Crippen LogP contribution < -0.4 is 15.4 Å². The number of rotatable bonds is 5. The summed E-state index contributed by atoms with van der Waals surface area (Å²) in [6, 6.07) is 19.0. The highest BCUT2D eigenvalue weighted by Gasteiger charge is 2.16. The second-order valence-electron chi connectivity index (χ2n) is 5.83. The molecule has 0 aromatic heterocycles. The Labute approximate surface area is 166 Å². The molecule has 0 spiro atoms. The number of benzene rings is 3. The first-order chi connectivity index (χ1) is 13.5. The summed E-state index contributed by atoms with van der Waals surface area (Å²) in [5.41, 5.74) is 1.38. The van der Waals surface area contributed by atoms with Gasteiger partial charge in [0.15, 0.2) is 0 Å². The van der Waals surface area contributed by atoms with Crippen molar-refractivity contribution in [3.63, 3.8) is 0 Å². The molecule has 3 rings (SSSR count). The zero-order valence-corrected chi connectivity index (χ0v) is 15.4. The van der Waals surface area contributed by atoms with Crippen LogP contribution in [-0.4, -0.2) is 12.0 Å². The highest BCUT2D eigenvalue weighted by Crippen LogP contribution is 2.24. The fourth-order valence-corrected chi connectivity index (χ4v) is 2.58. The molecular formula is C21H16ClFN2O3. The Kier molecular flexibility index (Phi) is 6.24. The number of hydrogen-bond acceptors (Lipinski definition) is 3. The van der Waals surface area contributed by atoms with Crippen LogP contribution >= 0.6 is 11.6 Å². The number of halogens is 2. The lowest BCUT2D eigenvalue weighted by Crippen LogP contribution is -2.27. The van der Waals surface area contributed by atoms with Crippen LogP contribution in [-0.2, 0) is 6.54 Å².